The van der Waals surface area contributed by atoms with Crippen LogP contribution in [-0.4, -0.2) is 53.9 Å². The molecule has 0 aliphatic rings. The lowest BCUT2D eigenvalue weighted by Gasteiger charge is -2.24. The zero-order valence-electron chi connectivity index (χ0n) is 17.1. The quantitative estimate of drug-likeness (QED) is 0.666. The van der Waals surface area contributed by atoms with E-state index in [1.54, 1.807) is 66.9 Å². The summed E-state index contributed by atoms with van der Waals surface area (Å²) in [7, 11) is 9.38. The number of benzene rings is 2. The van der Waals surface area contributed by atoms with Gasteiger partial charge in [-0.15, -0.1) is 0 Å². The fourth-order valence-electron chi connectivity index (χ4n) is 3.14. The van der Waals surface area contributed by atoms with Crippen molar-refractivity contribution in [2.45, 2.75) is 18.6 Å². The van der Waals surface area contributed by atoms with Crippen LogP contribution >= 0.6 is 0 Å². The third-order valence-corrected chi connectivity index (χ3v) is 4.57. The van der Waals surface area contributed by atoms with Gasteiger partial charge in [0.1, 0.15) is 23.4 Å². The number of hydrogen-bond acceptors (Lipinski definition) is 7. The highest BCUT2D eigenvalue weighted by Crippen LogP contribution is 2.38. The van der Waals surface area contributed by atoms with Gasteiger partial charge in [0.15, 0.2) is 11.5 Å². The van der Waals surface area contributed by atoms with E-state index in [9.17, 15) is 5.11 Å². The first-order valence-electron chi connectivity index (χ1n) is 8.74. The van der Waals surface area contributed by atoms with E-state index in [4.69, 9.17) is 28.4 Å². The van der Waals surface area contributed by atoms with Crippen LogP contribution in [0.1, 0.15) is 17.2 Å². The summed E-state index contributed by atoms with van der Waals surface area (Å²) in [6.45, 7) is 0. The highest BCUT2D eigenvalue weighted by Gasteiger charge is 2.26. The van der Waals surface area contributed by atoms with Crippen molar-refractivity contribution < 1.29 is 33.5 Å². The van der Waals surface area contributed by atoms with Crippen LogP contribution in [0.15, 0.2) is 30.3 Å². The smallest absolute Gasteiger partial charge is 0.161 e. The van der Waals surface area contributed by atoms with Crippen molar-refractivity contribution in [2.75, 3.05) is 42.7 Å². The minimum atomic E-state index is -0.862. The Hall–Kier alpha value is -2.64. The molecule has 0 radical (unpaired) electrons. The molecule has 0 bridgehead atoms. The maximum atomic E-state index is 10.9. The van der Waals surface area contributed by atoms with Crippen molar-refractivity contribution >= 4 is 0 Å². The summed E-state index contributed by atoms with van der Waals surface area (Å²) in [6, 6.07) is 8.91. The molecule has 2 aromatic rings. The summed E-state index contributed by atoms with van der Waals surface area (Å²) < 4.78 is 32.4. The molecule has 0 fully saturated rings. The molecule has 2 rings (SSSR count). The standard InChI is InChI=1S/C21H28O7/c1-23-14-10-18(25-3)15(19(11-14)26-4)12-16(22)21(28-6)13-7-8-17(24-2)20(9-13)27-5/h7-11,16,21-22H,12H2,1-6H3. The zero-order valence-corrected chi connectivity index (χ0v) is 17.1. The minimum Gasteiger partial charge on any atom is -0.496 e. The van der Waals surface area contributed by atoms with Gasteiger partial charge in [0.2, 0.25) is 0 Å². The number of hydrogen-bond donors (Lipinski definition) is 1. The van der Waals surface area contributed by atoms with E-state index in [1.807, 2.05) is 6.07 Å². The summed E-state index contributed by atoms with van der Waals surface area (Å²) in [4.78, 5) is 0. The van der Waals surface area contributed by atoms with Crippen LogP contribution in [0, 0.1) is 0 Å². The largest absolute Gasteiger partial charge is 0.496 e. The van der Waals surface area contributed by atoms with E-state index in [0.717, 1.165) is 11.1 Å². The average molecular weight is 392 g/mol. The van der Waals surface area contributed by atoms with E-state index in [0.29, 0.717) is 28.7 Å². The molecule has 0 saturated heterocycles. The van der Waals surface area contributed by atoms with Crippen LogP contribution in [0.5, 0.6) is 28.7 Å². The SMILES string of the molecule is COc1cc(OC)c(CC(O)C(OC)c2ccc(OC)c(OC)c2)c(OC)c1. The Morgan fingerprint density at radius 2 is 1.29 bits per heavy atom. The van der Waals surface area contributed by atoms with Gasteiger partial charge in [-0.1, -0.05) is 6.07 Å². The van der Waals surface area contributed by atoms with Gasteiger partial charge >= 0.3 is 0 Å². The molecule has 0 heterocycles. The summed E-state index contributed by atoms with van der Waals surface area (Å²) >= 11 is 0. The van der Waals surface area contributed by atoms with Gasteiger partial charge < -0.3 is 33.5 Å². The van der Waals surface area contributed by atoms with Crippen molar-refractivity contribution in [3.63, 3.8) is 0 Å². The number of aliphatic hydroxyl groups is 1. The van der Waals surface area contributed by atoms with Crippen molar-refractivity contribution in [2.24, 2.45) is 0 Å². The fraction of sp³-hybridized carbons (Fsp3) is 0.429. The van der Waals surface area contributed by atoms with Gasteiger partial charge in [-0.3, -0.25) is 0 Å². The van der Waals surface area contributed by atoms with Gasteiger partial charge in [-0.2, -0.15) is 0 Å². The lowest BCUT2D eigenvalue weighted by atomic mass is 9.96. The molecule has 0 aliphatic carbocycles. The number of rotatable bonds is 10. The second-order valence-electron chi connectivity index (χ2n) is 6.05. The van der Waals surface area contributed by atoms with Crippen LogP contribution in [0.4, 0.5) is 0 Å². The number of methoxy groups -OCH3 is 6. The Bertz CT molecular complexity index is 750. The molecule has 7 nitrogen and oxygen atoms in total. The van der Waals surface area contributed by atoms with E-state index < -0.39 is 12.2 Å². The van der Waals surface area contributed by atoms with Crippen LogP contribution in [-0.2, 0) is 11.2 Å². The minimum absolute atomic E-state index is 0.253. The highest BCUT2D eigenvalue weighted by molar-refractivity contribution is 5.51. The van der Waals surface area contributed by atoms with E-state index in [1.165, 1.54) is 0 Å². The molecule has 7 heteroatoms. The van der Waals surface area contributed by atoms with Gasteiger partial charge in [0.05, 0.1) is 41.7 Å². The van der Waals surface area contributed by atoms with Crippen LogP contribution in [0.2, 0.25) is 0 Å². The molecule has 154 valence electrons. The summed E-state index contributed by atoms with van der Waals surface area (Å²) in [6.07, 6.45) is -1.20. The first kappa shape index (κ1) is 21.7. The molecule has 0 aliphatic heterocycles. The predicted molar refractivity (Wildman–Crippen MR) is 105 cm³/mol. The molecule has 0 amide bonds. The topological polar surface area (TPSA) is 75.6 Å². The van der Waals surface area contributed by atoms with Crippen LogP contribution in [0.3, 0.4) is 0 Å². The molecule has 0 spiro atoms. The summed E-state index contributed by atoms with van der Waals surface area (Å²) in [5.41, 5.74) is 1.49. The first-order valence-corrected chi connectivity index (χ1v) is 8.74. The Balaban J connectivity index is 2.36. The van der Waals surface area contributed by atoms with Crippen molar-refractivity contribution in [1.82, 2.24) is 0 Å². The van der Waals surface area contributed by atoms with Crippen LogP contribution < -0.4 is 23.7 Å². The van der Waals surface area contributed by atoms with Crippen molar-refractivity contribution in [3.8, 4) is 28.7 Å². The fourth-order valence-corrected chi connectivity index (χ4v) is 3.14. The molecule has 1 N–H and O–H groups in total. The summed E-state index contributed by atoms with van der Waals surface area (Å²) in [5, 5.41) is 10.9. The maximum absolute atomic E-state index is 10.9. The van der Waals surface area contributed by atoms with E-state index in [2.05, 4.69) is 0 Å². The number of aliphatic hydroxyl groups excluding tert-OH is 1. The molecular formula is C21H28O7. The molecule has 2 aromatic carbocycles. The van der Waals surface area contributed by atoms with E-state index >= 15 is 0 Å². The Morgan fingerprint density at radius 3 is 1.75 bits per heavy atom. The van der Waals surface area contributed by atoms with E-state index in [-0.39, 0.29) is 6.42 Å². The second-order valence-corrected chi connectivity index (χ2v) is 6.05. The van der Waals surface area contributed by atoms with Gasteiger partial charge in [-0.05, 0) is 17.7 Å². The summed E-state index contributed by atoms with van der Waals surface area (Å²) in [5.74, 6) is 2.91. The first-order chi connectivity index (χ1) is 13.5. The molecule has 2 unspecified atom stereocenters. The normalized spacial score (nSPS) is 12.8. The monoisotopic (exact) mass is 392 g/mol. The molecule has 0 saturated carbocycles. The third-order valence-electron chi connectivity index (χ3n) is 4.57. The number of ether oxygens (including phenoxy) is 6. The Morgan fingerprint density at radius 1 is 0.714 bits per heavy atom. The lowest BCUT2D eigenvalue weighted by Crippen LogP contribution is -2.23. The molecular weight excluding hydrogens is 364 g/mol. The van der Waals surface area contributed by atoms with Gasteiger partial charge in [0.25, 0.3) is 0 Å². The van der Waals surface area contributed by atoms with Gasteiger partial charge in [0, 0.05) is 31.2 Å². The van der Waals surface area contributed by atoms with Gasteiger partial charge in [-0.25, -0.2) is 0 Å². The predicted octanol–water partition coefficient (Wildman–Crippen LogP) is 3.02. The lowest BCUT2D eigenvalue weighted by molar-refractivity contribution is -0.0134. The molecule has 2 atom stereocenters. The molecule has 0 aromatic heterocycles. The Kier molecular flexibility index (Phi) is 7.78. The zero-order chi connectivity index (χ0) is 20.7. The average Bonchev–Trinajstić information content (AvgIpc) is 2.73. The second kappa shape index (κ2) is 10.1. The maximum Gasteiger partial charge on any atom is 0.161 e. The Labute approximate surface area is 165 Å². The van der Waals surface area contributed by atoms with Crippen molar-refractivity contribution in [3.05, 3.63) is 41.5 Å². The van der Waals surface area contributed by atoms with Crippen LogP contribution in [0.25, 0.3) is 0 Å². The third kappa shape index (κ3) is 4.61. The van der Waals surface area contributed by atoms with Crippen molar-refractivity contribution in [1.29, 1.82) is 0 Å². The highest BCUT2D eigenvalue weighted by atomic mass is 16.5. The molecule has 28 heavy (non-hydrogen) atoms.